The van der Waals surface area contributed by atoms with Crippen LogP contribution in [-0.4, -0.2) is 45.5 Å². The van der Waals surface area contributed by atoms with Gasteiger partial charge in [-0.15, -0.1) is 0 Å². The van der Waals surface area contributed by atoms with Gasteiger partial charge in [-0.3, -0.25) is 9.59 Å². The van der Waals surface area contributed by atoms with Crippen LogP contribution in [0.4, 0.5) is 4.39 Å². The van der Waals surface area contributed by atoms with Crippen LogP contribution in [0, 0.1) is 5.82 Å². The fourth-order valence-corrected chi connectivity index (χ4v) is 1.93. The fourth-order valence-electron chi connectivity index (χ4n) is 1.93. The van der Waals surface area contributed by atoms with Gasteiger partial charge in [0.25, 0.3) is 5.91 Å². The molecule has 7 heteroatoms. The molecule has 1 rings (SSSR count). The summed E-state index contributed by atoms with van der Waals surface area (Å²) >= 11 is 0. The Balaban J connectivity index is 3.06. The highest BCUT2D eigenvalue weighted by molar-refractivity contribution is 5.96. The van der Waals surface area contributed by atoms with E-state index in [0.717, 1.165) is 17.0 Å². The predicted octanol–water partition coefficient (Wildman–Crippen LogP) is 1.61. The number of hydrogen-bond donors (Lipinski definition) is 2. The van der Waals surface area contributed by atoms with Crippen molar-refractivity contribution in [1.82, 2.24) is 4.90 Å². The van der Waals surface area contributed by atoms with Crippen molar-refractivity contribution in [2.24, 2.45) is 0 Å². The molecule has 0 aliphatic heterocycles. The van der Waals surface area contributed by atoms with Gasteiger partial charge in [-0.1, -0.05) is 13.0 Å². The summed E-state index contributed by atoms with van der Waals surface area (Å²) in [5.41, 5.74) is -0.0138. The van der Waals surface area contributed by atoms with Crippen molar-refractivity contribution < 1.29 is 29.0 Å². The molecule has 1 unspecified atom stereocenters. The van der Waals surface area contributed by atoms with Gasteiger partial charge in [0.2, 0.25) is 0 Å². The van der Waals surface area contributed by atoms with Crippen LogP contribution in [0.3, 0.4) is 0 Å². The molecule has 1 aromatic rings. The second-order valence-electron chi connectivity index (χ2n) is 4.41. The van der Waals surface area contributed by atoms with Gasteiger partial charge in [-0.25, -0.2) is 9.18 Å². The molecule has 0 heterocycles. The van der Waals surface area contributed by atoms with E-state index in [0.29, 0.717) is 0 Å². The molecule has 1 atom stereocenters. The Kier molecular flexibility index (Phi) is 5.83. The molecule has 114 valence electrons. The molecular weight excluding hydrogens is 281 g/mol. The third-order valence-electron chi connectivity index (χ3n) is 2.95. The van der Waals surface area contributed by atoms with E-state index in [4.69, 9.17) is 10.2 Å². The summed E-state index contributed by atoms with van der Waals surface area (Å²) in [6, 6.07) is 3.69. The minimum atomic E-state index is -1.23. The summed E-state index contributed by atoms with van der Waals surface area (Å²) < 4.78 is 13.2. The Morgan fingerprint density at radius 2 is 1.95 bits per heavy atom. The van der Waals surface area contributed by atoms with Gasteiger partial charge in [0.05, 0.1) is 6.42 Å². The number of carboxylic acid groups (broad SMARTS) is 2. The van der Waals surface area contributed by atoms with E-state index in [1.165, 1.54) is 12.1 Å². The standard InChI is InChI=1S/C14H16FNO5/c1-2-11(14(20)21)16(7-6-12(17)18)13(19)9-4-3-5-10(15)8-9/h3-5,8,11H,2,6-7H2,1H3,(H,17,18)(H,20,21). The molecule has 0 aliphatic rings. The van der Waals surface area contributed by atoms with E-state index in [9.17, 15) is 18.8 Å². The predicted molar refractivity (Wildman–Crippen MR) is 71.4 cm³/mol. The Morgan fingerprint density at radius 3 is 2.43 bits per heavy atom. The summed E-state index contributed by atoms with van der Waals surface area (Å²) in [7, 11) is 0. The number of aliphatic carboxylic acids is 2. The molecule has 0 spiro atoms. The van der Waals surface area contributed by atoms with Crippen molar-refractivity contribution >= 4 is 17.8 Å². The maximum atomic E-state index is 13.2. The number of rotatable bonds is 7. The topological polar surface area (TPSA) is 94.9 Å². The van der Waals surface area contributed by atoms with Crippen LogP contribution < -0.4 is 0 Å². The quantitative estimate of drug-likeness (QED) is 0.797. The first kappa shape index (κ1) is 16.6. The first-order valence-electron chi connectivity index (χ1n) is 6.38. The summed E-state index contributed by atoms with van der Waals surface area (Å²) in [6.07, 6.45) is -0.263. The number of carbonyl (C=O) groups is 3. The second-order valence-corrected chi connectivity index (χ2v) is 4.41. The van der Waals surface area contributed by atoms with E-state index < -0.39 is 29.7 Å². The molecule has 0 fully saturated rings. The maximum absolute atomic E-state index is 13.2. The average molecular weight is 297 g/mol. The summed E-state index contributed by atoms with van der Waals surface area (Å²) in [5, 5.41) is 17.9. The van der Waals surface area contributed by atoms with Crippen LogP contribution in [0.25, 0.3) is 0 Å². The molecule has 0 radical (unpaired) electrons. The van der Waals surface area contributed by atoms with Crippen LogP contribution in [0.1, 0.15) is 30.1 Å². The van der Waals surface area contributed by atoms with Crippen molar-refractivity contribution in [3.63, 3.8) is 0 Å². The van der Waals surface area contributed by atoms with Crippen molar-refractivity contribution in [3.05, 3.63) is 35.6 Å². The highest BCUT2D eigenvalue weighted by Gasteiger charge is 2.29. The van der Waals surface area contributed by atoms with Crippen LogP contribution in [0.2, 0.25) is 0 Å². The average Bonchev–Trinajstić information content (AvgIpc) is 2.42. The zero-order valence-electron chi connectivity index (χ0n) is 11.5. The number of carbonyl (C=O) groups excluding carboxylic acids is 1. The lowest BCUT2D eigenvalue weighted by molar-refractivity contribution is -0.144. The monoisotopic (exact) mass is 297 g/mol. The van der Waals surface area contributed by atoms with Gasteiger partial charge in [0, 0.05) is 12.1 Å². The van der Waals surface area contributed by atoms with Gasteiger partial charge in [0.1, 0.15) is 11.9 Å². The largest absolute Gasteiger partial charge is 0.481 e. The zero-order chi connectivity index (χ0) is 16.0. The molecule has 0 bridgehead atoms. The van der Waals surface area contributed by atoms with E-state index in [-0.39, 0.29) is 24.9 Å². The third-order valence-corrected chi connectivity index (χ3v) is 2.95. The Hall–Kier alpha value is -2.44. The van der Waals surface area contributed by atoms with E-state index in [1.54, 1.807) is 6.92 Å². The van der Waals surface area contributed by atoms with Crippen molar-refractivity contribution in [1.29, 1.82) is 0 Å². The lowest BCUT2D eigenvalue weighted by atomic mass is 10.1. The van der Waals surface area contributed by atoms with Gasteiger partial charge in [-0.2, -0.15) is 0 Å². The molecule has 0 aromatic heterocycles. The molecule has 1 aromatic carbocycles. The Morgan fingerprint density at radius 1 is 1.29 bits per heavy atom. The number of halogens is 1. The van der Waals surface area contributed by atoms with Gasteiger partial charge < -0.3 is 15.1 Å². The molecule has 0 saturated heterocycles. The van der Waals surface area contributed by atoms with Crippen molar-refractivity contribution in [2.45, 2.75) is 25.8 Å². The molecular formula is C14H16FNO5. The molecule has 21 heavy (non-hydrogen) atoms. The molecule has 0 aliphatic carbocycles. The van der Waals surface area contributed by atoms with Crippen LogP contribution >= 0.6 is 0 Å². The van der Waals surface area contributed by atoms with Crippen LogP contribution in [0.15, 0.2) is 24.3 Å². The normalized spacial score (nSPS) is 11.7. The lowest BCUT2D eigenvalue weighted by Gasteiger charge is -2.28. The molecule has 1 amide bonds. The smallest absolute Gasteiger partial charge is 0.326 e. The SMILES string of the molecule is CCC(C(=O)O)N(CCC(=O)O)C(=O)c1cccc(F)c1. The second kappa shape index (κ2) is 7.37. The number of carboxylic acids is 2. The van der Waals surface area contributed by atoms with Crippen molar-refractivity contribution in [3.8, 4) is 0 Å². The van der Waals surface area contributed by atoms with Gasteiger partial charge in [-0.05, 0) is 24.6 Å². The van der Waals surface area contributed by atoms with Crippen molar-refractivity contribution in [2.75, 3.05) is 6.54 Å². The van der Waals surface area contributed by atoms with E-state index in [1.807, 2.05) is 0 Å². The fraction of sp³-hybridized carbons (Fsp3) is 0.357. The minimum absolute atomic E-state index is 0.0138. The van der Waals surface area contributed by atoms with Crippen LogP contribution in [0.5, 0.6) is 0 Å². The Labute approximate surface area is 120 Å². The number of nitrogens with zero attached hydrogens (tertiary/aromatic N) is 1. The number of benzene rings is 1. The summed E-state index contributed by atoms with van der Waals surface area (Å²) in [4.78, 5) is 35.1. The molecule has 6 nitrogen and oxygen atoms in total. The zero-order valence-corrected chi connectivity index (χ0v) is 11.5. The maximum Gasteiger partial charge on any atom is 0.326 e. The highest BCUT2D eigenvalue weighted by Crippen LogP contribution is 2.13. The summed E-state index contributed by atoms with van der Waals surface area (Å²) in [5.74, 6) is -3.70. The first-order valence-corrected chi connectivity index (χ1v) is 6.38. The van der Waals surface area contributed by atoms with Gasteiger partial charge >= 0.3 is 11.9 Å². The third kappa shape index (κ3) is 4.55. The van der Waals surface area contributed by atoms with E-state index >= 15 is 0 Å². The molecule has 0 saturated carbocycles. The highest BCUT2D eigenvalue weighted by atomic mass is 19.1. The minimum Gasteiger partial charge on any atom is -0.481 e. The molecule has 2 N–H and O–H groups in total. The first-order chi connectivity index (χ1) is 9.86. The van der Waals surface area contributed by atoms with Gasteiger partial charge in [0.15, 0.2) is 0 Å². The van der Waals surface area contributed by atoms with E-state index in [2.05, 4.69) is 0 Å². The number of hydrogen-bond acceptors (Lipinski definition) is 3. The Bertz CT molecular complexity index is 546. The lowest BCUT2D eigenvalue weighted by Crippen LogP contribution is -2.45. The number of amides is 1. The van der Waals surface area contributed by atoms with Crippen LogP contribution in [-0.2, 0) is 9.59 Å². The summed E-state index contributed by atoms with van der Waals surface area (Å²) in [6.45, 7) is 1.32.